The van der Waals surface area contributed by atoms with E-state index in [2.05, 4.69) is 31.3 Å². The molecule has 1 saturated carbocycles. The number of hydrogen-bond acceptors (Lipinski definition) is 3. The van der Waals surface area contributed by atoms with E-state index in [1.54, 1.807) is 12.1 Å². The Morgan fingerprint density at radius 1 is 1.06 bits per heavy atom. The van der Waals surface area contributed by atoms with Gasteiger partial charge in [0.25, 0.3) is 0 Å². The van der Waals surface area contributed by atoms with Gasteiger partial charge in [-0.3, -0.25) is 0 Å². The van der Waals surface area contributed by atoms with E-state index in [0.717, 1.165) is 13.5 Å². The minimum atomic E-state index is -4.71. The summed E-state index contributed by atoms with van der Waals surface area (Å²) in [6.07, 6.45) is -3.04. The first-order chi connectivity index (χ1) is 14.4. The molecule has 0 heterocycles. The number of sulfonamides is 1. The Morgan fingerprint density at radius 2 is 1.68 bits per heavy atom. The predicted molar refractivity (Wildman–Crippen MR) is 116 cm³/mol. The minimum absolute atomic E-state index is 0.0845. The zero-order valence-electron chi connectivity index (χ0n) is 17.8. The Labute approximate surface area is 181 Å². The van der Waals surface area contributed by atoms with Crippen molar-refractivity contribution in [3.05, 3.63) is 65.2 Å². The number of benzene rings is 2. The van der Waals surface area contributed by atoms with E-state index in [0.29, 0.717) is 22.8 Å². The summed E-state index contributed by atoms with van der Waals surface area (Å²) in [5.41, 5.74) is 3.04. The molecule has 4 rings (SSSR count). The highest BCUT2D eigenvalue weighted by Crippen LogP contribution is 2.43. The average Bonchev–Trinajstić information content (AvgIpc) is 3.51. The van der Waals surface area contributed by atoms with Crippen molar-refractivity contribution in [2.45, 2.75) is 62.0 Å². The predicted octanol–water partition coefficient (Wildman–Crippen LogP) is 5.03. The second kappa shape index (κ2) is 7.52. The van der Waals surface area contributed by atoms with Gasteiger partial charge in [-0.05, 0) is 48.1 Å². The largest absolute Gasteiger partial charge is 0.409 e. The molecule has 0 aliphatic heterocycles. The van der Waals surface area contributed by atoms with Crippen LogP contribution >= 0.6 is 0 Å². The Morgan fingerprint density at radius 3 is 2.23 bits per heavy atom. The van der Waals surface area contributed by atoms with Crippen molar-refractivity contribution >= 4 is 15.7 Å². The number of rotatable bonds is 6. The van der Waals surface area contributed by atoms with E-state index < -0.39 is 27.5 Å². The first kappa shape index (κ1) is 22.1. The lowest BCUT2D eigenvalue weighted by atomic mass is 9.83. The molecule has 2 aromatic carbocycles. The molecule has 1 N–H and O–H groups in total. The van der Waals surface area contributed by atoms with Crippen LogP contribution in [-0.2, 0) is 21.9 Å². The second-order valence-corrected chi connectivity index (χ2v) is 11.4. The molecule has 2 unspecified atom stereocenters. The molecule has 2 aliphatic carbocycles. The highest BCUT2D eigenvalue weighted by molar-refractivity contribution is 7.90. The van der Waals surface area contributed by atoms with Crippen molar-refractivity contribution in [1.82, 2.24) is 4.31 Å². The first-order valence-corrected chi connectivity index (χ1v) is 11.9. The molecule has 168 valence electrons. The smallest absolute Gasteiger partial charge is 0.381 e. The normalized spacial score (nSPS) is 21.7. The van der Waals surface area contributed by atoms with E-state index >= 15 is 0 Å². The van der Waals surface area contributed by atoms with Gasteiger partial charge in [0.05, 0.1) is 5.25 Å². The molecule has 1 fully saturated rings. The van der Waals surface area contributed by atoms with Crippen LogP contribution in [0.4, 0.5) is 18.9 Å². The summed E-state index contributed by atoms with van der Waals surface area (Å²) in [6.45, 7) is 4.31. The molecule has 8 heteroatoms. The van der Waals surface area contributed by atoms with Crippen LogP contribution in [0.2, 0.25) is 0 Å². The number of nitrogens with one attached hydrogen (secondary N) is 1. The maximum atomic E-state index is 13.8. The number of hydrogen-bond donors (Lipinski definition) is 1. The minimum Gasteiger partial charge on any atom is -0.381 e. The number of anilines is 1. The molecule has 2 aliphatic rings. The monoisotopic (exact) mass is 452 g/mol. The Bertz CT molecular complexity index is 1060. The highest BCUT2D eigenvalue weighted by atomic mass is 32.2. The zero-order chi connectivity index (χ0) is 22.6. The number of nitrogens with zero attached hydrogens (tertiary/aromatic N) is 1. The second-order valence-electron chi connectivity index (χ2n) is 9.11. The third kappa shape index (κ3) is 4.07. The van der Waals surface area contributed by atoms with Gasteiger partial charge < -0.3 is 5.32 Å². The van der Waals surface area contributed by atoms with Crippen LogP contribution in [0.3, 0.4) is 0 Å². The standard InChI is InChI=1S/C23H27F3N2O2S/c1-22(2)19-7-5-4-6-16(19)14-20(22)27-17-10-8-15(9-11-17)21(23(24,25)26)28(3)31(29,30)18-12-13-18/h4-11,18,20-21,27H,12-14H2,1-3H3. The summed E-state index contributed by atoms with van der Waals surface area (Å²) in [5.74, 6) is 0. The maximum Gasteiger partial charge on any atom is 0.409 e. The van der Waals surface area contributed by atoms with Gasteiger partial charge in [-0.1, -0.05) is 50.2 Å². The van der Waals surface area contributed by atoms with Crippen LogP contribution < -0.4 is 5.32 Å². The lowest BCUT2D eigenvalue weighted by Crippen LogP contribution is -2.41. The van der Waals surface area contributed by atoms with Gasteiger partial charge in [0, 0.05) is 24.2 Å². The summed E-state index contributed by atoms with van der Waals surface area (Å²) < 4.78 is 66.9. The van der Waals surface area contributed by atoms with Crippen molar-refractivity contribution in [2.75, 3.05) is 12.4 Å². The molecule has 0 saturated heterocycles. The van der Waals surface area contributed by atoms with E-state index in [-0.39, 0.29) is 17.0 Å². The van der Waals surface area contributed by atoms with Gasteiger partial charge >= 0.3 is 6.18 Å². The summed E-state index contributed by atoms with van der Waals surface area (Å²) in [4.78, 5) is 0. The van der Waals surface area contributed by atoms with E-state index in [1.807, 2.05) is 12.1 Å². The maximum absolute atomic E-state index is 13.8. The first-order valence-electron chi connectivity index (χ1n) is 10.4. The lowest BCUT2D eigenvalue weighted by Gasteiger charge is -2.31. The molecule has 0 aromatic heterocycles. The summed E-state index contributed by atoms with van der Waals surface area (Å²) >= 11 is 0. The Balaban J connectivity index is 1.56. The van der Waals surface area contributed by atoms with Crippen molar-refractivity contribution in [1.29, 1.82) is 0 Å². The van der Waals surface area contributed by atoms with E-state index in [4.69, 9.17) is 0 Å². The van der Waals surface area contributed by atoms with Gasteiger partial charge in [-0.2, -0.15) is 17.5 Å². The molecule has 0 spiro atoms. The number of alkyl halides is 3. The van der Waals surface area contributed by atoms with Crippen molar-refractivity contribution in [2.24, 2.45) is 0 Å². The van der Waals surface area contributed by atoms with Crippen LogP contribution in [0.15, 0.2) is 48.5 Å². The molecule has 4 nitrogen and oxygen atoms in total. The van der Waals surface area contributed by atoms with Crippen molar-refractivity contribution in [3.63, 3.8) is 0 Å². The van der Waals surface area contributed by atoms with Crippen LogP contribution in [0.5, 0.6) is 0 Å². The van der Waals surface area contributed by atoms with Crippen molar-refractivity contribution in [3.8, 4) is 0 Å². The average molecular weight is 453 g/mol. The molecular formula is C23H27F3N2O2S. The number of fused-ring (bicyclic) bond motifs is 1. The van der Waals surface area contributed by atoms with E-state index in [9.17, 15) is 21.6 Å². The molecule has 0 radical (unpaired) electrons. The van der Waals surface area contributed by atoms with Gasteiger partial charge in [0.1, 0.15) is 6.04 Å². The third-order valence-electron chi connectivity index (χ3n) is 6.59. The number of halogens is 3. The van der Waals surface area contributed by atoms with E-state index in [1.165, 1.54) is 23.3 Å². The topological polar surface area (TPSA) is 49.4 Å². The fourth-order valence-electron chi connectivity index (χ4n) is 4.54. The molecular weight excluding hydrogens is 425 g/mol. The summed E-state index contributed by atoms with van der Waals surface area (Å²) in [5, 5.41) is 2.76. The fraction of sp³-hybridized carbons (Fsp3) is 0.478. The van der Waals surface area contributed by atoms with Crippen LogP contribution in [0, 0.1) is 0 Å². The summed E-state index contributed by atoms with van der Waals surface area (Å²) in [6, 6.07) is 12.1. The van der Waals surface area contributed by atoms with Crippen LogP contribution in [0.1, 0.15) is 49.4 Å². The van der Waals surface area contributed by atoms with Crippen LogP contribution in [0.25, 0.3) is 0 Å². The highest BCUT2D eigenvalue weighted by Gasteiger charge is 2.51. The molecule has 2 aromatic rings. The summed E-state index contributed by atoms with van der Waals surface area (Å²) in [7, 11) is -2.95. The molecule has 0 amide bonds. The molecule has 0 bridgehead atoms. The SMILES string of the molecule is CN(C(c1ccc(NC2Cc3ccccc3C2(C)C)cc1)C(F)(F)F)S(=O)(=O)C1CC1. The van der Waals surface area contributed by atoms with Crippen molar-refractivity contribution < 1.29 is 21.6 Å². The Kier molecular flexibility index (Phi) is 5.37. The molecule has 2 atom stereocenters. The van der Waals surface area contributed by atoms with Gasteiger partial charge in [-0.15, -0.1) is 0 Å². The van der Waals surface area contributed by atoms with Gasteiger partial charge in [0.15, 0.2) is 0 Å². The third-order valence-corrected chi connectivity index (χ3v) is 8.92. The molecule has 31 heavy (non-hydrogen) atoms. The van der Waals surface area contributed by atoms with Gasteiger partial charge in [0.2, 0.25) is 10.0 Å². The fourth-order valence-corrected chi connectivity index (χ4v) is 6.27. The lowest BCUT2D eigenvalue weighted by molar-refractivity contribution is -0.171. The quantitative estimate of drug-likeness (QED) is 0.669. The van der Waals surface area contributed by atoms with Gasteiger partial charge in [-0.25, -0.2) is 8.42 Å². The Hall–Kier alpha value is -2.06. The zero-order valence-corrected chi connectivity index (χ0v) is 18.6. The van der Waals surface area contributed by atoms with Crippen LogP contribution in [-0.4, -0.2) is 37.2 Å².